The molecule has 0 spiro atoms. The standard InChI is InChI=1S/C22H26ClNO4S/c1-3-8-19(24-28-12-7-11-23)22-20(25)14-17(15-21(22)26)13-16(2)29(27)18-9-5-4-6-10-18/h4-7,9-11,14,16,22H,3,8,12-13,15H2,1-2H3/b11-7+,24-19?. The summed E-state index contributed by atoms with van der Waals surface area (Å²) in [5.74, 6) is -1.36. The second-order valence-electron chi connectivity index (χ2n) is 6.90. The maximum absolute atomic E-state index is 12.7. The second-order valence-corrected chi connectivity index (χ2v) is 9.02. The van der Waals surface area contributed by atoms with E-state index in [4.69, 9.17) is 16.4 Å². The van der Waals surface area contributed by atoms with E-state index in [-0.39, 0.29) is 29.8 Å². The van der Waals surface area contributed by atoms with Gasteiger partial charge in [-0.1, -0.05) is 60.8 Å². The van der Waals surface area contributed by atoms with Gasteiger partial charge in [0.15, 0.2) is 11.6 Å². The highest BCUT2D eigenvalue weighted by molar-refractivity contribution is 7.85. The van der Waals surface area contributed by atoms with Gasteiger partial charge in [0.2, 0.25) is 0 Å². The molecule has 5 nitrogen and oxygen atoms in total. The molecule has 0 radical (unpaired) electrons. The minimum absolute atomic E-state index is 0.164. The third-order valence-electron chi connectivity index (χ3n) is 4.53. The van der Waals surface area contributed by atoms with E-state index in [1.807, 2.05) is 44.2 Å². The number of allylic oxidation sites excluding steroid dienone is 2. The van der Waals surface area contributed by atoms with Gasteiger partial charge in [-0.3, -0.25) is 13.8 Å². The van der Waals surface area contributed by atoms with Crippen LogP contribution in [0.15, 0.2) is 63.6 Å². The molecule has 29 heavy (non-hydrogen) atoms. The fourth-order valence-electron chi connectivity index (χ4n) is 3.23. The van der Waals surface area contributed by atoms with E-state index >= 15 is 0 Å². The number of Topliss-reactive ketones (excluding diaryl/α,β-unsaturated/α-hetero) is 1. The van der Waals surface area contributed by atoms with E-state index in [2.05, 4.69) is 5.16 Å². The minimum Gasteiger partial charge on any atom is -0.392 e. The van der Waals surface area contributed by atoms with Crippen molar-refractivity contribution in [1.82, 2.24) is 0 Å². The van der Waals surface area contributed by atoms with Crippen LogP contribution < -0.4 is 0 Å². The van der Waals surface area contributed by atoms with Crippen molar-refractivity contribution in [1.29, 1.82) is 0 Å². The van der Waals surface area contributed by atoms with Crippen molar-refractivity contribution in [3.05, 3.63) is 53.6 Å². The van der Waals surface area contributed by atoms with Gasteiger partial charge in [0.05, 0.1) is 16.5 Å². The number of hydrogen-bond donors (Lipinski definition) is 0. The van der Waals surface area contributed by atoms with E-state index in [0.29, 0.717) is 18.6 Å². The third-order valence-corrected chi connectivity index (χ3v) is 6.34. The first-order valence-electron chi connectivity index (χ1n) is 9.63. The Bertz CT molecular complexity index is 832. The summed E-state index contributed by atoms with van der Waals surface area (Å²) < 4.78 is 12.7. The van der Waals surface area contributed by atoms with Crippen molar-refractivity contribution in [2.75, 3.05) is 6.61 Å². The van der Waals surface area contributed by atoms with E-state index < -0.39 is 16.7 Å². The average Bonchev–Trinajstić information content (AvgIpc) is 2.70. The van der Waals surface area contributed by atoms with Gasteiger partial charge >= 0.3 is 0 Å². The number of nitrogens with zero attached hydrogens (tertiary/aromatic N) is 1. The number of benzene rings is 1. The number of halogens is 1. The summed E-state index contributed by atoms with van der Waals surface area (Å²) >= 11 is 5.45. The summed E-state index contributed by atoms with van der Waals surface area (Å²) in [7, 11) is -1.20. The largest absolute Gasteiger partial charge is 0.392 e. The van der Waals surface area contributed by atoms with Gasteiger partial charge in [0.1, 0.15) is 12.5 Å². The number of carbonyl (C=O) groups excluding carboxylic acids is 2. The SMILES string of the molecule is CCCC(=NOC/C=C/Cl)C1C(=O)C=C(CC(C)S(=O)c2ccccc2)CC1=O. The van der Waals surface area contributed by atoms with Crippen LogP contribution in [0.5, 0.6) is 0 Å². The van der Waals surface area contributed by atoms with Gasteiger partial charge in [0.25, 0.3) is 0 Å². The van der Waals surface area contributed by atoms with Crippen LogP contribution in [0.2, 0.25) is 0 Å². The Morgan fingerprint density at radius 3 is 2.69 bits per heavy atom. The Morgan fingerprint density at radius 2 is 2.07 bits per heavy atom. The second kappa shape index (κ2) is 11.8. The summed E-state index contributed by atoms with van der Waals surface area (Å²) in [4.78, 5) is 31.3. The van der Waals surface area contributed by atoms with E-state index in [0.717, 1.165) is 16.9 Å². The highest BCUT2D eigenvalue weighted by atomic mass is 35.5. The molecule has 0 heterocycles. The maximum Gasteiger partial charge on any atom is 0.171 e. The first kappa shape index (κ1) is 23.2. The van der Waals surface area contributed by atoms with E-state index in [1.54, 1.807) is 6.08 Å². The van der Waals surface area contributed by atoms with Gasteiger partial charge in [-0.15, -0.1) is 0 Å². The van der Waals surface area contributed by atoms with Crippen LogP contribution in [0, 0.1) is 5.92 Å². The Labute approximate surface area is 179 Å². The Kier molecular flexibility index (Phi) is 9.48. The van der Waals surface area contributed by atoms with Crippen LogP contribution in [0.3, 0.4) is 0 Å². The van der Waals surface area contributed by atoms with Crippen molar-refractivity contribution >= 4 is 39.7 Å². The molecule has 156 valence electrons. The van der Waals surface area contributed by atoms with E-state index in [1.165, 1.54) is 11.6 Å². The summed E-state index contributed by atoms with van der Waals surface area (Å²) in [6, 6.07) is 9.20. The zero-order valence-corrected chi connectivity index (χ0v) is 18.2. The molecule has 0 fully saturated rings. The lowest BCUT2D eigenvalue weighted by Gasteiger charge is -2.22. The Hall–Kier alpha value is -2.05. The molecule has 0 saturated carbocycles. The highest BCUT2D eigenvalue weighted by Gasteiger charge is 2.35. The molecule has 0 saturated heterocycles. The number of rotatable bonds is 10. The number of carbonyl (C=O) groups is 2. The fraction of sp³-hybridized carbons (Fsp3) is 0.409. The fourth-order valence-corrected chi connectivity index (χ4v) is 4.56. The highest BCUT2D eigenvalue weighted by Crippen LogP contribution is 2.26. The first-order valence-corrected chi connectivity index (χ1v) is 11.3. The van der Waals surface area contributed by atoms with Gasteiger partial charge in [-0.2, -0.15) is 0 Å². The van der Waals surface area contributed by atoms with Crippen LogP contribution in [0.25, 0.3) is 0 Å². The van der Waals surface area contributed by atoms with E-state index in [9.17, 15) is 13.8 Å². The quantitative estimate of drug-likeness (QED) is 0.233. The molecule has 1 aromatic carbocycles. The lowest BCUT2D eigenvalue weighted by molar-refractivity contribution is -0.128. The van der Waals surface area contributed by atoms with Gasteiger partial charge < -0.3 is 4.84 Å². The normalized spacial score (nSPS) is 19.9. The summed E-state index contributed by atoms with van der Waals surface area (Å²) in [6.45, 7) is 4.00. The monoisotopic (exact) mass is 435 g/mol. The predicted octanol–water partition coefficient (Wildman–Crippen LogP) is 4.58. The molecular formula is C22H26ClNO4S. The van der Waals surface area contributed by atoms with Crippen LogP contribution in [-0.2, 0) is 25.2 Å². The molecule has 3 unspecified atom stereocenters. The zero-order valence-electron chi connectivity index (χ0n) is 16.7. The van der Waals surface area contributed by atoms with Crippen molar-refractivity contribution in [3.8, 4) is 0 Å². The number of oxime groups is 1. The van der Waals surface area contributed by atoms with Crippen LogP contribution in [0.1, 0.15) is 39.5 Å². The summed E-state index contributed by atoms with van der Waals surface area (Å²) in [6.07, 6.45) is 4.94. The first-order chi connectivity index (χ1) is 14.0. The number of hydrogen-bond acceptors (Lipinski definition) is 5. The summed E-state index contributed by atoms with van der Waals surface area (Å²) in [5.41, 5.74) is 2.48. The predicted molar refractivity (Wildman–Crippen MR) is 116 cm³/mol. The molecule has 1 aliphatic rings. The van der Waals surface area contributed by atoms with Crippen LogP contribution in [0.4, 0.5) is 0 Å². The van der Waals surface area contributed by atoms with Crippen molar-refractivity contribution in [2.24, 2.45) is 11.1 Å². The Morgan fingerprint density at radius 1 is 1.34 bits per heavy atom. The molecule has 0 amide bonds. The minimum atomic E-state index is -1.20. The van der Waals surface area contributed by atoms with Gasteiger partial charge in [-0.05, 0) is 37.1 Å². The molecule has 3 atom stereocenters. The molecular weight excluding hydrogens is 410 g/mol. The summed E-state index contributed by atoms with van der Waals surface area (Å²) in [5, 5.41) is 3.82. The molecule has 2 rings (SSSR count). The molecule has 7 heteroatoms. The smallest absolute Gasteiger partial charge is 0.171 e. The molecule has 1 aromatic rings. The van der Waals surface area contributed by atoms with Crippen molar-refractivity contribution in [2.45, 2.75) is 49.7 Å². The van der Waals surface area contributed by atoms with Gasteiger partial charge in [-0.25, -0.2) is 0 Å². The lowest BCUT2D eigenvalue weighted by atomic mass is 9.81. The molecule has 0 aromatic heterocycles. The third kappa shape index (κ3) is 6.75. The molecule has 0 bridgehead atoms. The topological polar surface area (TPSA) is 72.8 Å². The van der Waals surface area contributed by atoms with Crippen molar-refractivity contribution in [3.63, 3.8) is 0 Å². The van der Waals surface area contributed by atoms with Crippen molar-refractivity contribution < 1.29 is 18.6 Å². The zero-order chi connectivity index (χ0) is 21.2. The molecule has 0 aliphatic heterocycles. The van der Waals surface area contributed by atoms with Crippen LogP contribution in [-0.4, -0.2) is 33.3 Å². The Balaban J connectivity index is 2.10. The molecule has 0 N–H and O–H groups in total. The van der Waals surface area contributed by atoms with Crippen LogP contribution >= 0.6 is 11.6 Å². The number of ketones is 2. The van der Waals surface area contributed by atoms with Gasteiger partial charge in [0, 0.05) is 22.1 Å². The molecule has 1 aliphatic carbocycles. The maximum atomic E-state index is 12.7. The average molecular weight is 436 g/mol. The lowest BCUT2D eigenvalue weighted by Crippen LogP contribution is -2.35.